The fraction of sp³-hybridized carbons (Fsp3) is 0.342. The molecule has 0 saturated heterocycles. The summed E-state index contributed by atoms with van der Waals surface area (Å²) < 4.78 is 5.22. The van der Waals surface area contributed by atoms with Crippen molar-refractivity contribution in [2.24, 2.45) is 16.6 Å². The summed E-state index contributed by atoms with van der Waals surface area (Å²) in [5, 5.41) is 49.7. The molecule has 0 aromatic heterocycles. The number of aliphatic hydroxyl groups is 3. The van der Waals surface area contributed by atoms with Crippen LogP contribution in [0.25, 0.3) is 16.9 Å². The first kappa shape index (κ1) is 33.9. The van der Waals surface area contributed by atoms with Crippen LogP contribution in [0.2, 0.25) is 0 Å². The molecule has 0 heterocycles. The van der Waals surface area contributed by atoms with Crippen LogP contribution in [0.3, 0.4) is 0 Å². The largest absolute Gasteiger partial charge is 0.508 e. The van der Waals surface area contributed by atoms with Crippen LogP contribution in [0.15, 0.2) is 77.6 Å². The summed E-state index contributed by atoms with van der Waals surface area (Å²) in [4.78, 5) is 42.0. The third kappa shape index (κ3) is 5.03. The van der Waals surface area contributed by atoms with Crippen LogP contribution >= 0.6 is 0 Å². The predicted molar refractivity (Wildman–Crippen MR) is 182 cm³/mol. The lowest BCUT2D eigenvalue weighted by Crippen LogP contribution is -2.72. The topological polar surface area (TPSA) is 183 Å². The van der Waals surface area contributed by atoms with Gasteiger partial charge in [0.15, 0.2) is 11.4 Å². The second kappa shape index (κ2) is 11.9. The standard InChI is InChI=1S/C38H41N3O8/c1-36-16-25-24(22-10-6-20(7-11-22)17-40-18-21-8-12-23(49-5)13-9-21)14-15-26(42)27(25)30(43)29(36)34(46)38(48)33(45)28(35(39)47)31(44)32(41(3)4)37(38,2)19-36/h6-15,32,40,42-43,45,48H,16-19H2,1-5H3,(H2,39,47)/t32-,36+,37+,38-/m1/s1. The van der Waals surface area contributed by atoms with Crippen molar-refractivity contribution >= 4 is 23.2 Å². The molecule has 0 unspecified atom stereocenters. The molecule has 1 saturated carbocycles. The van der Waals surface area contributed by atoms with Crippen molar-refractivity contribution in [3.05, 3.63) is 99.8 Å². The molecule has 11 heteroatoms. The van der Waals surface area contributed by atoms with Crippen LogP contribution < -0.4 is 15.8 Å². The minimum absolute atomic E-state index is 0.0420. The average Bonchev–Trinajstić information content (AvgIpc) is 3.03. The fourth-order valence-electron chi connectivity index (χ4n) is 8.49. The maximum absolute atomic E-state index is 14.5. The Bertz CT molecular complexity index is 1950. The Morgan fingerprint density at radius 3 is 2.10 bits per heavy atom. The predicted octanol–water partition coefficient (Wildman–Crippen LogP) is 3.71. The summed E-state index contributed by atoms with van der Waals surface area (Å²) >= 11 is 0. The molecular formula is C38H41N3O8. The van der Waals surface area contributed by atoms with Crippen molar-refractivity contribution in [1.29, 1.82) is 0 Å². The number of likely N-dealkylation sites (N-methyl/N-ethyl adjacent to an activating group) is 1. The van der Waals surface area contributed by atoms with E-state index in [4.69, 9.17) is 10.5 Å². The van der Waals surface area contributed by atoms with E-state index in [0.29, 0.717) is 18.7 Å². The number of nitrogens with zero attached hydrogens (tertiary/aromatic N) is 1. The lowest BCUT2D eigenvalue weighted by Gasteiger charge is -2.59. The van der Waals surface area contributed by atoms with Crippen molar-refractivity contribution in [3.8, 4) is 22.6 Å². The van der Waals surface area contributed by atoms with E-state index in [1.807, 2.05) is 48.5 Å². The van der Waals surface area contributed by atoms with Crippen LogP contribution in [0, 0.1) is 10.8 Å². The Morgan fingerprint density at radius 1 is 0.959 bits per heavy atom. The number of hydrogen-bond acceptors (Lipinski definition) is 10. The molecule has 1 fully saturated rings. The molecule has 3 aromatic carbocycles. The molecule has 3 aromatic rings. The Morgan fingerprint density at radius 2 is 1.55 bits per heavy atom. The number of phenols is 1. The number of amides is 1. The summed E-state index contributed by atoms with van der Waals surface area (Å²) in [6.45, 7) is 4.59. The Kier molecular flexibility index (Phi) is 8.21. The van der Waals surface area contributed by atoms with E-state index < -0.39 is 57.0 Å². The molecule has 0 aliphatic heterocycles. The SMILES string of the molecule is COc1ccc(CNCc2ccc(-c3ccc(O)c4c3C[C@@]3(C)C[C@@]5(C)[C@H](N(C)C)C(=O)C(C(N)=O)=C(O)[C@@]5(O)C(=O)C3=C4O)cc2)cc1. The van der Waals surface area contributed by atoms with Crippen LogP contribution in [-0.2, 0) is 33.9 Å². The number of ether oxygens (including phenoxy) is 1. The van der Waals surface area contributed by atoms with Crippen LogP contribution in [0.5, 0.6) is 11.5 Å². The summed E-state index contributed by atoms with van der Waals surface area (Å²) in [6, 6.07) is 17.7. The number of fused-ring (bicyclic) bond motifs is 3. The molecule has 3 aliphatic rings. The van der Waals surface area contributed by atoms with Crippen LogP contribution in [-0.4, -0.2) is 75.6 Å². The van der Waals surface area contributed by atoms with E-state index in [2.05, 4.69) is 5.32 Å². The number of rotatable bonds is 8. The van der Waals surface area contributed by atoms with E-state index >= 15 is 0 Å². The maximum atomic E-state index is 14.5. The highest BCUT2D eigenvalue weighted by molar-refractivity contribution is 6.25. The highest BCUT2D eigenvalue weighted by Crippen LogP contribution is 2.63. The summed E-state index contributed by atoms with van der Waals surface area (Å²) in [5.41, 5.74) is 3.24. The Hall–Kier alpha value is -4.97. The monoisotopic (exact) mass is 667 g/mol. The fourth-order valence-corrected chi connectivity index (χ4v) is 8.49. The molecule has 0 spiro atoms. The van der Waals surface area contributed by atoms with Gasteiger partial charge in [-0.2, -0.15) is 0 Å². The molecule has 4 atom stereocenters. The van der Waals surface area contributed by atoms with Gasteiger partial charge in [-0.1, -0.05) is 56.3 Å². The van der Waals surface area contributed by atoms with Crippen molar-refractivity contribution < 1.29 is 39.5 Å². The van der Waals surface area contributed by atoms with Gasteiger partial charge in [0.25, 0.3) is 5.91 Å². The molecule has 3 aliphatic carbocycles. The minimum Gasteiger partial charge on any atom is -0.508 e. The molecule has 7 N–H and O–H groups in total. The number of nitrogens with one attached hydrogen (secondary N) is 1. The molecule has 256 valence electrons. The molecule has 49 heavy (non-hydrogen) atoms. The number of aliphatic hydroxyl groups excluding tert-OH is 2. The number of hydrogen-bond donors (Lipinski definition) is 6. The summed E-state index contributed by atoms with van der Waals surface area (Å²) in [6.07, 6.45) is 0.120. The van der Waals surface area contributed by atoms with Crippen molar-refractivity contribution in [2.45, 2.75) is 51.4 Å². The van der Waals surface area contributed by atoms with Gasteiger partial charge in [0.2, 0.25) is 5.78 Å². The minimum atomic E-state index is -2.76. The van der Waals surface area contributed by atoms with E-state index in [1.54, 1.807) is 34.2 Å². The van der Waals surface area contributed by atoms with E-state index in [1.165, 1.54) is 17.9 Å². The Balaban J connectivity index is 1.38. The molecule has 6 rings (SSSR count). The van der Waals surface area contributed by atoms with Gasteiger partial charge in [0.05, 0.1) is 18.7 Å². The van der Waals surface area contributed by atoms with E-state index in [9.17, 15) is 34.8 Å². The smallest absolute Gasteiger partial charge is 0.255 e. The normalized spacial score (nSPS) is 26.4. The molecule has 1 amide bonds. The van der Waals surface area contributed by atoms with Crippen molar-refractivity contribution in [2.75, 3.05) is 21.2 Å². The number of nitrogens with two attached hydrogens (primary N) is 1. The van der Waals surface area contributed by atoms with Gasteiger partial charge in [0.1, 0.15) is 28.6 Å². The first-order valence-corrected chi connectivity index (χ1v) is 16.0. The third-order valence-electron chi connectivity index (χ3n) is 10.6. The molecule has 0 bridgehead atoms. The van der Waals surface area contributed by atoms with Gasteiger partial charge in [-0.15, -0.1) is 0 Å². The highest BCUT2D eigenvalue weighted by atomic mass is 16.5. The van der Waals surface area contributed by atoms with Gasteiger partial charge in [-0.25, -0.2) is 0 Å². The quantitative estimate of drug-likeness (QED) is 0.194. The first-order valence-electron chi connectivity index (χ1n) is 16.0. The number of ketones is 2. The number of primary amides is 1. The number of benzene rings is 3. The van der Waals surface area contributed by atoms with Gasteiger partial charge >= 0.3 is 0 Å². The van der Waals surface area contributed by atoms with Gasteiger partial charge in [0, 0.05) is 29.5 Å². The molecule has 11 nitrogen and oxygen atoms in total. The highest BCUT2D eigenvalue weighted by Gasteiger charge is 2.72. The van der Waals surface area contributed by atoms with E-state index in [-0.39, 0.29) is 29.7 Å². The molecule has 0 radical (unpaired) electrons. The lowest BCUT2D eigenvalue weighted by molar-refractivity contribution is -0.175. The second-order valence-corrected chi connectivity index (χ2v) is 14.0. The molecular weight excluding hydrogens is 626 g/mol. The Labute approximate surface area is 284 Å². The van der Waals surface area contributed by atoms with Crippen molar-refractivity contribution in [3.63, 3.8) is 0 Å². The number of methoxy groups -OCH3 is 1. The van der Waals surface area contributed by atoms with Gasteiger partial charge in [-0.05, 0) is 73.0 Å². The zero-order valence-corrected chi connectivity index (χ0v) is 28.1. The lowest BCUT2D eigenvalue weighted by atomic mass is 9.46. The summed E-state index contributed by atoms with van der Waals surface area (Å²) in [7, 11) is 4.79. The van der Waals surface area contributed by atoms with Gasteiger partial charge < -0.3 is 36.2 Å². The summed E-state index contributed by atoms with van der Waals surface area (Å²) in [5.74, 6) is -4.26. The van der Waals surface area contributed by atoms with E-state index in [0.717, 1.165) is 28.0 Å². The maximum Gasteiger partial charge on any atom is 0.255 e. The number of carbonyl (C=O) groups is 3. The zero-order valence-electron chi connectivity index (χ0n) is 28.1. The third-order valence-corrected chi connectivity index (χ3v) is 10.6. The van der Waals surface area contributed by atoms with Crippen molar-refractivity contribution in [1.82, 2.24) is 10.2 Å². The van der Waals surface area contributed by atoms with Crippen LogP contribution in [0.1, 0.15) is 42.5 Å². The van der Waals surface area contributed by atoms with Crippen LogP contribution in [0.4, 0.5) is 0 Å². The zero-order chi connectivity index (χ0) is 35.6. The average molecular weight is 668 g/mol. The second-order valence-electron chi connectivity index (χ2n) is 14.0. The number of aromatic hydroxyl groups is 1. The van der Waals surface area contributed by atoms with Gasteiger partial charge in [-0.3, -0.25) is 19.3 Å². The number of carbonyl (C=O) groups excluding carboxylic acids is 3. The number of phenolic OH excluding ortho intramolecular Hbond substituents is 1. The first-order chi connectivity index (χ1) is 23.1. The number of Topliss-reactive ketones (excluding diaryl/α,β-unsaturated/α-hetero) is 2.